The molecule has 0 N–H and O–H groups in total. The second kappa shape index (κ2) is 7.11. The van der Waals surface area contributed by atoms with Gasteiger partial charge in [-0.3, -0.25) is 14.2 Å². The van der Waals surface area contributed by atoms with E-state index in [-0.39, 0.29) is 11.5 Å². The molecule has 6 heteroatoms. The van der Waals surface area contributed by atoms with Crippen molar-refractivity contribution < 1.29 is 4.79 Å². The minimum Gasteiger partial charge on any atom is -0.341 e. The number of para-hydroxylation sites is 1. The van der Waals surface area contributed by atoms with Crippen molar-refractivity contribution in [1.82, 2.24) is 14.0 Å². The largest absolute Gasteiger partial charge is 0.341 e. The van der Waals surface area contributed by atoms with Crippen LogP contribution in [0.1, 0.15) is 31.4 Å². The molecular formula is C22H23N3O3. The molecule has 0 radical (unpaired) electrons. The number of nitrogens with zero attached hydrogens (tertiary/aromatic N) is 3. The van der Waals surface area contributed by atoms with Crippen molar-refractivity contribution in [1.29, 1.82) is 0 Å². The summed E-state index contributed by atoms with van der Waals surface area (Å²) in [7, 11) is 0. The normalized spacial score (nSPS) is 15.1. The number of carbonyl (C=O) groups is 1. The van der Waals surface area contributed by atoms with Gasteiger partial charge in [0, 0.05) is 13.1 Å². The van der Waals surface area contributed by atoms with Gasteiger partial charge < -0.3 is 4.90 Å². The highest BCUT2D eigenvalue weighted by Crippen LogP contribution is 2.19. The Labute approximate surface area is 162 Å². The third-order valence-corrected chi connectivity index (χ3v) is 5.42. The molecule has 1 saturated heterocycles. The van der Waals surface area contributed by atoms with Gasteiger partial charge in [-0.25, -0.2) is 9.36 Å². The number of aromatic nitrogens is 2. The predicted molar refractivity (Wildman–Crippen MR) is 109 cm³/mol. The summed E-state index contributed by atoms with van der Waals surface area (Å²) in [6.07, 6.45) is 1.97. The van der Waals surface area contributed by atoms with Gasteiger partial charge in [0.25, 0.3) is 5.56 Å². The average Bonchev–Trinajstić information content (AvgIpc) is 3.22. The zero-order chi connectivity index (χ0) is 19.8. The Bertz CT molecular complexity index is 1170. The molecule has 4 rings (SSSR count). The number of benzene rings is 2. The molecule has 0 aliphatic carbocycles. The fourth-order valence-electron chi connectivity index (χ4n) is 3.96. The highest BCUT2D eigenvalue weighted by atomic mass is 16.2. The van der Waals surface area contributed by atoms with Crippen molar-refractivity contribution in [3.05, 3.63) is 74.9 Å². The van der Waals surface area contributed by atoms with E-state index in [0.717, 1.165) is 18.4 Å². The smallest absolute Gasteiger partial charge is 0.336 e. The van der Waals surface area contributed by atoms with Crippen LogP contribution in [0.15, 0.2) is 58.1 Å². The first-order chi connectivity index (χ1) is 13.5. The van der Waals surface area contributed by atoms with E-state index in [1.807, 2.05) is 19.1 Å². The monoisotopic (exact) mass is 377 g/mol. The van der Waals surface area contributed by atoms with E-state index < -0.39 is 11.7 Å². The molecule has 1 fully saturated rings. The first-order valence-electron chi connectivity index (χ1n) is 9.61. The third kappa shape index (κ3) is 2.95. The van der Waals surface area contributed by atoms with Crippen LogP contribution in [0.3, 0.4) is 0 Å². The van der Waals surface area contributed by atoms with E-state index in [2.05, 4.69) is 0 Å². The zero-order valence-corrected chi connectivity index (χ0v) is 16.1. The molecule has 0 bridgehead atoms. The van der Waals surface area contributed by atoms with Gasteiger partial charge in [0.2, 0.25) is 5.91 Å². The molecule has 1 amide bonds. The molecule has 1 aliphatic rings. The maximum absolute atomic E-state index is 13.4. The number of hydrogen-bond donors (Lipinski definition) is 0. The van der Waals surface area contributed by atoms with Crippen LogP contribution in [0.4, 0.5) is 0 Å². The van der Waals surface area contributed by atoms with Gasteiger partial charge in [0.05, 0.1) is 16.6 Å². The summed E-state index contributed by atoms with van der Waals surface area (Å²) in [5.74, 6) is -0.0841. The van der Waals surface area contributed by atoms with Gasteiger partial charge >= 0.3 is 5.69 Å². The topological polar surface area (TPSA) is 64.3 Å². The Kier molecular flexibility index (Phi) is 4.63. The number of aryl methyl sites for hydroxylation is 1. The van der Waals surface area contributed by atoms with Gasteiger partial charge in [0.15, 0.2) is 0 Å². The van der Waals surface area contributed by atoms with E-state index in [1.165, 1.54) is 9.13 Å². The third-order valence-electron chi connectivity index (χ3n) is 5.42. The molecule has 0 saturated carbocycles. The SMILES string of the molecule is Cc1cccc(-n2c(=O)c3ccccc3n(C(C)C(=O)N3CCCC3)c2=O)c1. The lowest BCUT2D eigenvalue weighted by molar-refractivity contribution is -0.133. The molecule has 2 aromatic carbocycles. The summed E-state index contributed by atoms with van der Waals surface area (Å²) in [5, 5.41) is 0.421. The van der Waals surface area contributed by atoms with Gasteiger partial charge in [-0.1, -0.05) is 24.3 Å². The Hall–Kier alpha value is -3.15. The molecule has 1 aromatic heterocycles. The van der Waals surface area contributed by atoms with Crippen molar-refractivity contribution >= 4 is 16.8 Å². The molecule has 1 atom stereocenters. The average molecular weight is 377 g/mol. The van der Waals surface area contributed by atoms with Crippen molar-refractivity contribution in [2.75, 3.05) is 13.1 Å². The van der Waals surface area contributed by atoms with Crippen LogP contribution in [0.25, 0.3) is 16.6 Å². The number of amides is 1. The molecule has 3 aromatic rings. The van der Waals surface area contributed by atoms with Crippen LogP contribution in [-0.2, 0) is 4.79 Å². The van der Waals surface area contributed by atoms with Crippen LogP contribution in [0, 0.1) is 6.92 Å². The van der Waals surface area contributed by atoms with Crippen molar-refractivity contribution in [3.63, 3.8) is 0 Å². The number of fused-ring (bicyclic) bond motifs is 1. The van der Waals surface area contributed by atoms with Crippen LogP contribution in [-0.4, -0.2) is 33.0 Å². The fraction of sp³-hybridized carbons (Fsp3) is 0.318. The van der Waals surface area contributed by atoms with Gasteiger partial charge in [-0.15, -0.1) is 0 Å². The Balaban J connectivity index is 1.99. The lowest BCUT2D eigenvalue weighted by Gasteiger charge is -2.24. The number of likely N-dealkylation sites (tertiary alicyclic amines) is 1. The fourth-order valence-corrected chi connectivity index (χ4v) is 3.96. The van der Waals surface area contributed by atoms with Crippen LogP contribution in [0.2, 0.25) is 0 Å². The van der Waals surface area contributed by atoms with Gasteiger partial charge in [-0.05, 0) is 56.5 Å². The standard InChI is InChI=1S/C22H23N3O3/c1-15-8-7-9-17(14-15)25-21(27)18-10-3-4-11-19(18)24(22(25)28)16(2)20(26)23-12-5-6-13-23/h3-4,7-11,14,16H,5-6,12-13H2,1-2H3. The minimum atomic E-state index is -0.688. The second-order valence-corrected chi connectivity index (χ2v) is 7.36. The predicted octanol–water partition coefficient (Wildman–Crippen LogP) is 2.64. The maximum atomic E-state index is 13.4. The lowest BCUT2D eigenvalue weighted by atomic mass is 10.2. The molecule has 0 spiro atoms. The molecule has 6 nitrogen and oxygen atoms in total. The molecule has 1 aliphatic heterocycles. The van der Waals surface area contributed by atoms with E-state index in [1.54, 1.807) is 48.2 Å². The number of carbonyl (C=O) groups excluding carboxylic acids is 1. The highest BCUT2D eigenvalue weighted by molar-refractivity contribution is 5.84. The number of rotatable bonds is 3. The zero-order valence-electron chi connectivity index (χ0n) is 16.1. The van der Waals surface area contributed by atoms with E-state index in [0.29, 0.717) is 29.7 Å². The Morgan fingerprint density at radius 2 is 1.71 bits per heavy atom. The molecule has 2 heterocycles. The Morgan fingerprint density at radius 3 is 2.43 bits per heavy atom. The van der Waals surface area contributed by atoms with E-state index in [4.69, 9.17) is 0 Å². The first kappa shape index (κ1) is 18.2. The van der Waals surface area contributed by atoms with E-state index in [9.17, 15) is 14.4 Å². The summed E-state index contributed by atoms with van der Waals surface area (Å²) in [6.45, 7) is 5.08. The summed E-state index contributed by atoms with van der Waals surface area (Å²) >= 11 is 0. The van der Waals surface area contributed by atoms with Gasteiger partial charge in [0.1, 0.15) is 6.04 Å². The minimum absolute atomic E-state index is 0.0841. The molecule has 1 unspecified atom stereocenters. The maximum Gasteiger partial charge on any atom is 0.336 e. The van der Waals surface area contributed by atoms with Crippen molar-refractivity contribution in [3.8, 4) is 5.69 Å². The summed E-state index contributed by atoms with van der Waals surface area (Å²) in [5.41, 5.74) is 1.08. The molecular weight excluding hydrogens is 354 g/mol. The first-order valence-corrected chi connectivity index (χ1v) is 9.61. The second-order valence-electron chi connectivity index (χ2n) is 7.36. The van der Waals surface area contributed by atoms with E-state index >= 15 is 0 Å². The summed E-state index contributed by atoms with van der Waals surface area (Å²) in [4.78, 5) is 41.4. The van der Waals surface area contributed by atoms with Crippen LogP contribution >= 0.6 is 0 Å². The highest BCUT2D eigenvalue weighted by Gasteiger charge is 2.27. The van der Waals surface area contributed by atoms with Gasteiger partial charge in [-0.2, -0.15) is 0 Å². The summed E-state index contributed by atoms with van der Waals surface area (Å²) < 4.78 is 2.63. The quantitative estimate of drug-likeness (QED) is 0.705. The summed E-state index contributed by atoms with van der Waals surface area (Å²) in [6, 6.07) is 13.6. The lowest BCUT2D eigenvalue weighted by Crippen LogP contribution is -2.44. The van der Waals surface area contributed by atoms with Crippen LogP contribution in [0.5, 0.6) is 0 Å². The van der Waals surface area contributed by atoms with Crippen molar-refractivity contribution in [2.24, 2.45) is 0 Å². The molecule has 144 valence electrons. The van der Waals surface area contributed by atoms with Crippen LogP contribution < -0.4 is 11.2 Å². The number of hydrogen-bond acceptors (Lipinski definition) is 3. The molecule has 28 heavy (non-hydrogen) atoms. The van der Waals surface area contributed by atoms with Crippen molar-refractivity contribution in [2.45, 2.75) is 32.7 Å². The Morgan fingerprint density at radius 1 is 1.00 bits per heavy atom.